The fourth-order valence-electron chi connectivity index (χ4n) is 1.49. The first-order chi connectivity index (χ1) is 8.75. The van der Waals surface area contributed by atoms with E-state index in [2.05, 4.69) is 15.0 Å². The minimum atomic E-state index is -4.49. The lowest BCUT2D eigenvalue weighted by Gasteiger charge is -2.26. The number of carbonyl (C=O) groups excluding carboxylic acids is 1. The van der Waals surface area contributed by atoms with E-state index in [4.69, 9.17) is 0 Å². The predicted octanol–water partition coefficient (Wildman–Crippen LogP) is 3.08. The van der Waals surface area contributed by atoms with Crippen LogP contribution in [0.5, 0.6) is 0 Å². The topological polar surface area (TPSA) is 67.2 Å². The maximum absolute atomic E-state index is 12.8. The molecule has 1 heterocycles. The molecule has 1 rings (SSSR count). The van der Waals surface area contributed by atoms with Crippen molar-refractivity contribution in [3.63, 3.8) is 0 Å². The van der Waals surface area contributed by atoms with Gasteiger partial charge in [0.2, 0.25) is 0 Å². The van der Waals surface area contributed by atoms with Crippen LogP contribution in [0.15, 0.2) is 10.8 Å². The van der Waals surface area contributed by atoms with Crippen molar-refractivity contribution in [1.82, 2.24) is 10.5 Å². The fraction of sp³-hybridized carbons (Fsp3) is 0.636. The highest BCUT2D eigenvalue weighted by Gasteiger charge is 2.43. The third-order valence-corrected chi connectivity index (χ3v) is 2.85. The highest BCUT2D eigenvalue weighted by Crippen LogP contribution is 2.27. The van der Waals surface area contributed by atoms with Crippen molar-refractivity contribution in [2.45, 2.75) is 39.4 Å². The number of nitrogens with zero attached hydrogens (tertiary/aromatic N) is 1. The summed E-state index contributed by atoms with van der Waals surface area (Å²) < 4.78 is 43.0. The van der Waals surface area contributed by atoms with E-state index in [0.29, 0.717) is 12.1 Å². The summed E-state index contributed by atoms with van der Waals surface area (Å²) in [6.07, 6.45) is -3.03. The Balaban J connectivity index is 2.69. The van der Waals surface area contributed by atoms with Crippen molar-refractivity contribution < 1.29 is 22.5 Å². The van der Waals surface area contributed by atoms with Crippen molar-refractivity contribution in [1.29, 1.82) is 0 Å². The van der Waals surface area contributed by atoms with Crippen LogP contribution in [0.1, 0.15) is 26.0 Å². The molecule has 1 aromatic heterocycles. The number of anilines is 1. The normalized spacial score (nSPS) is 14.8. The second kappa shape index (κ2) is 5.94. The van der Waals surface area contributed by atoms with Crippen LogP contribution in [-0.4, -0.2) is 23.4 Å². The molecule has 2 amide bonds. The minimum Gasteiger partial charge on any atom is -0.362 e. The summed E-state index contributed by atoms with van der Waals surface area (Å²) >= 11 is 0. The first-order valence-corrected chi connectivity index (χ1v) is 5.81. The smallest absolute Gasteiger partial charge is 0.362 e. The van der Waals surface area contributed by atoms with Gasteiger partial charge in [-0.3, -0.25) is 0 Å². The van der Waals surface area contributed by atoms with Gasteiger partial charge in [-0.15, -0.1) is 0 Å². The number of nitrogens with one attached hydrogen (secondary N) is 2. The zero-order chi connectivity index (χ0) is 14.6. The summed E-state index contributed by atoms with van der Waals surface area (Å²) in [6, 6.07) is -2.83. The van der Waals surface area contributed by atoms with Gasteiger partial charge >= 0.3 is 12.2 Å². The number of alkyl halides is 3. The lowest BCUT2D eigenvalue weighted by atomic mass is 9.99. The third kappa shape index (κ3) is 4.15. The van der Waals surface area contributed by atoms with Gasteiger partial charge in [-0.25, -0.2) is 4.79 Å². The highest BCUT2D eigenvalue weighted by molar-refractivity contribution is 5.89. The van der Waals surface area contributed by atoms with Crippen LogP contribution in [0.2, 0.25) is 0 Å². The quantitative estimate of drug-likeness (QED) is 0.890. The summed E-state index contributed by atoms with van der Waals surface area (Å²) in [5, 5.41) is 7.70. The monoisotopic (exact) mass is 279 g/mol. The summed E-state index contributed by atoms with van der Waals surface area (Å²) in [6.45, 7) is 4.63. The number of rotatable bonds is 4. The number of amides is 2. The SMILES string of the molecule is CCC(C)C(NC(=O)Nc1conc1C)C(F)(F)F. The summed E-state index contributed by atoms with van der Waals surface area (Å²) in [5.74, 6) is -0.714. The van der Waals surface area contributed by atoms with E-state index >= 15 is 0 Å². The van der Waals surface area contributed by atoms with Gasteiger partial charge in [-0.2, -0.15) is 13.2 Å². The van der Waals surface area contributed by atoms with Crippen molar-refractivity contribution in [3.05, 3.63) is 12.0 Å². The molecule has 0 radical (unpaired) electrons. The van der Waals surface area contributed by atoms with Gasteiger partial charge in [0, 0.05) is 0 Å². The first-order valence-electron chi connectivity index (χ1n) is 5.81. The number of aryl methyl sites for hydroxylation is 1. The molecule has 8 heteroatoms. The molecule has 108 valence electrons. The zero-order valence-corrected chi connectivity index (χ0v) is 10.8. The Labute approximate surface area is 108 Å². The van der Waals surface area contributed by atoms with Gasteiger partial charge in [0.15, 0.2) is 0 Å². The second-order valence-electron chi connectivity index (χ2n) is 4.32. The number of aromatic nitrogens is 1. The molecule has 1 aromatic rings. The highest BCUT2D eigenvalue weighted by atomic mass is 19.4. The molecular formula is C11H16F3N3O2. The molecule has 2 atom stereocenters. The number of carbonyl (C=O) groups is 1. The zero-order valence-electron chi connectivity index (χ0n) is 10.8. The molecule has 19 heavy (non-hydrogen) atoms. The summed E-state index contributed by atoms with van der Waals surface area (Å²) in [4.78, 5) is 11.5. The Bertz CT molecular complexity index is 431. The first kappa shape index (κ1) is 15.3. The van der Waals surface area contributed by atoms with Gasteiger partial charge in [-0.05, 0) is 12.8 Å². The van der Waals surface area contributed by atoms with Crippen LogP contribution in [0.25, 0.3) is 0 Å². The molecule has 0 aromatic carbocycles. The fourth-order valence-corrected chi connectivity index (χ4v) is 1.49. The lowest BCUT2D eigenvalue weighted by Crippen LogP contribution is -2.50. The third-order valence-electron chi connectivity index (χ3n) is 2.85. The second-order valence-corrected chi connectivity index (χ2v) is 4.32. The maximum atomic E-state index is 12.8. The van der Waals surface area contributed by atoms with E-state index in [9.17, 15) is 18.0 Å². The van der Waals surface area contributed by atoms with Crippen LogP contribution in [0.3, 0.4) is 0 Å². The van der Waals surface area contributed by atoms with Crippen molar-refractivity contribution in [2.24, 2.45) is 5.92 Å². The molecule has 0 bridgehead atoms. The summed E-state index contributed by atoms with van der Waals surface area (Å²) in [5.41, 5.74) is 0.629. The minimum absolute atomic E-state index is 0.238. The number of hydrogen-bond acceptors (Lipinski definition) is 3. The Hall–Kier alpha value is -1.73. The van der Waals surface area contributed by atoms with E-state index in [0.717, 1.165) is 6.26 Å². The predicted molar refractivity (Wildman–Crippen MR) is 62.7 cm³/mol. The van der Waals surface area contributed by atoms with Crippen molar-refractivity contribution in [2.75, 3.05) is 5.32 Å². The van der Waals surface area contributed by atoms with Gasteiger partial charge in [0.05, 0.1) is 0 Å². The van der Waals surface area contributed by atoms with Crippen molar-refractivity contribution in [3.8, 4) is 0 Å². The lowest BCUT2D eigenvalue weighted by molar-refractivity contribution is -0.163. The van der Waals surface area contributed by atoms with Crippen LogP contribution in [-0.2, 0) is 0 Å². The molecule has 0 aliphatic heterocycles. The molecule has 2 N–H and O–H groups in total. The number of hydrogen-bond donors (Lipinski definition) is 2. The molecule has 0 aliphatic rings. The average molecular weight is 279 g/mol. The van der Waals surface area contributed by atoms with E-state index in [1.54, 1.807) is 13.8 Å². The van der Waals surface area contributed by atoms with Crippen LogP contribution >= 0.6 is 0 Å². The summed E-state index contributed by atoms with van der Waals surface area (Å²) in [7, 11) is 0. The van der Waals surface area contributed by atoms with Gasteiger partial charge in [0.25, 0.3) is 0 Å². The van der Waals surface area contributed by atoms with Crippen LogP contribution < -0.4 is 10.6 Å². The van der Waals surface area contributed by atoms with Crippen LogP contribution in [0.4, 0.5) is 23.7 Å². The van der Waals surface area contributed by atoms with E-state index in [1.165, 1.54) is 6.92 Å². The van der Waals surface area contributed by atoms with Gasteiger partial charge in [0.1, 0.15) is 23.7 Å². The van der Waals surface area contributed by atoms with E-state index in [1.807, 2.05) is 5.32 Å². The average Bonchev–Trinajstić information content (AvgIpc) is 2.69. The molecule has 0 saturated heterocycles. The molecular weight excluding hydrogens is 263 g/mol. The Morgan fingerprint density at radius 3 is 2.58 bits per heavy atom. The van der Waals surface area contributed by atoms with E-state index in [-0.39, 0.29) is 5.69 Å². The Kier molecular flexibility index (Phi) is 4.79. The molecule has 0 saturated carbocycles. The number of urea groups is 1. The van der Waals surface area contributed by atoms with Crippen molar-refractivity contribution >= 4 is 11.7 Å². The Morgan fingerprint density at radius 2 is 2.16 bits per heavy atom. The largest absolute Gasteiger partial charge is 0.408 e. The van der Waals surface area contributed by atoms with Gasteiger partial charge in [-0.1, -0.05) is 25.4 Å². The molecule has 0 fully saturated rings. The molecule has 0 aliphatic carbocycles. The standard InChI is InChI=1S/C11H16F3N3O2/c1-4-6(2)9(11(12,13)14)16-10(18)15-8-5-19-17-7(8)3/h5-6,9H,4H2,1-3H3,(H2,15,16,18). The van der Waals surface area contributed by atoms with Gasteiger partial charge < -0.3 is 15.2 Å². The van der Waals surface area contributed by atoms with E-state index < -0.39 is 24.2 Å². The molecule has 2 unspecified atom stereocenters. The van der Waals surface area contributed by atoms with Crippen LogP contribution in [0, 0.1) is 12.8 Å². The number of halogens is 3. The molecule has 5 nitrogen and oxygen atoms in total. The Morgan fingerprint density at radius 1 is 1.53 bits per heavy atom. The maximum Gasteiger partial charge on any atom is 0.408 e. The molecule has 0 spiro atoms.